The molecule has 1 unspecified atom stereocenters. The highest BCUT2D eigenvalue weighted by atomic mass is 79.9. The minimum Gasteiger partial charge on any atom is -0.383 e. The van der Waals surface area contributed by atoms with E-state index in [0.717, 1.165) is 25.6 Å². The molecule has 0 amide bonds. The SMILES string of the molecule is COCCNCC(Cc1cc(Br)cs1)CC(C)C. The molecule has 2 nitrogen and oxygen atoms in total. The van der Waals surface area contributed by atoms with Crippen molar-refractivity contribution >= 4 is 27.3 Å². The summed E-state index contributed by atoms with van der Waals surface area (Å²) in [4.78, 5) is 1.47. The molecule has 1 rings (SSSR count). The van der Waals surface area contributed by atoms with E-state index < -0.39 is 0 Å². The molecule has 0 bridgehead atoms. The summed E-state index contributed by atoms with van der Waals surface area (Å²) in [5, 5.41) is 5.65. The van der Waals surface area contributed by atoms with Gasteiger partial charge in [-0.15, -0.1) is 11.3 Å². The zero-order valence-corrected chi connectivity index (χ0v) is 13.9. The van der Waals surface area contributed by atoms with Crippen LogP contribution in [0.4, 0.5) is 0 Å². The van der Waals surface area contributed by atoms with Crippen LogP contribution in [-0.4, -0.2) is 26.8 Å². The highest BCUT2D eigenvalue weighted by molar-refractivity contribution is 9.10. The van der Waals surface area contributed by atoms with Crippen LogP contribution in [0.3, 0.4) is 0 Å². The highest BCUT2D eigenvalue weighted by Gasteiger charge is 2.12. The molecule has 0 radical (unpaired) electrons. The summed E-state index contributed by atoms with van der Waals surface area (Å²) >= 11 is 5.37. The first kappa shape index (κ1) is 16.2. The van der Waals surface area contributed by atoms with Crippen molar-refractivity contribution in [2.75, 3.05) is 26.8 Å². The molecule has 4 heteroatoms. The first-order valence-electron chi connectivity index (χ1n) is 6.54. The maximum absolute atomic E-state index is 5.06. The molecule has 0 spiro atoms. The number of thiophene rings is 1. The van der Waals surface area contributed by atoms with Gasteiger partial charge in [0.05, 0.1) is 6.61 Å². The molecule has 18 heavy (non-hydrogen) atoms. The molecule has 0 aliphatic heterocycles. The standard InChI is InChI=1S/C14H24BrNOS/c1-11(2)6-12(9-16-4-5-17-3)7-14-8-13(15)10-18-14/h8,10-12,16H,4-7,9H2,1-3H3. The second-order valence-corrected chi connectivity index (χ2v) is 7.04. The zero-order chi connectivity index (χ0) is 13.4. The molecule has 0 aromatic carbocycles. The smallest absolute Gasteiger partial charge is 0.0587 e. The monoisotopic (exact) mass is 333 g/mol. The maximum Gasteiger partial charge on any atom is 0.0587 e. The van der Waals surface area contributed by atoms with Crippen molar-refractivity contribution in [3.05, 3.63) is 20.8 Å². The molecule has 0 saturated heterocycles. The quantitative estimate of drug-likeness (QED) is 0.691. The Kier molecular flexibility index (Phi) is 8.15. The van der Waals surface area contributed by atoms with E-state index in [1.54, 1.807) is 7.11 Å². The second kappa shape index (κ2) is 9.08. The normalized spacial score (nSPS) is 13.2. The maximum atomic E-state index is 5.06. The summed E-state index contributed by atoms with van der Waals surface area (Å²) in [7, 11) is 1.75. The summed E-state index contributed by atoms with van der Waals surface area (Å²) in [6.07, 6.45) is 2.45. The van der Waals surface area contributed by atoms with E-state index in [4.69, 9.17) is 4.74 Å². The van der Waals surface area contributed by atoms with E-state index in [-0.39, 0.29) is 0 Å². The average molecular weight is 334 g/mol. The van der Waals surface area contributed by atoms with Gasteiger partial charge in [0.25, 0.3) is 0 Å². The average Bonchev–Trinajstić information content (AvgIpc) is 2.69. The highest BCUT2D eigenvalue weighted by Crippen LogP contribution is 2.24. The molecule has 1 aromatic rings. The van der Waals surface area contributed by atoms with Gasteiger partial charge in [0.1, 0.15) is 0 Å². The fourth-order valence-electron chi connectivity index (χ4n) is 2.13. The molecule has 1 N–H and O–H groups in total. The zero-order valence-electron chi connectivity index (χ0n) is 11.5. The van der Waals surface area contributed by atoms with E-state index in [1.165, 1.54) is 22.2 Å². The van der Waals surface area contributed by atoms with Crippen molar-refractivity contribution in [3.63, 3.8) is 0 Å². The third-order valence-electron chi connectivity index (χ3n) is 2.83. The summed E-state index contributed by atoms with van der Waals surface area (Å²) in [5.74, 6) is 1.47. The Balaban J connectivity index is 2.39. The van der Waals surface area contributed by atoms with Crippen LogP contribution in [0.25, 0.3) is 0 Å². The number of nitrogens with one attached hydrogen (secondary N) is 1. The van der Waals surface area contributed by atoms with Gasteiger partial charge >= 0.3 is 0 Å². The number of hydrogen-bond acceptors (Lipinski definition) is 3. The van der Waals surface area contributed by atoms with Crippen molar-refractivity contribution in [1.82, 2.24) is 5.32 Å². The molecule has 1 atom stereocenters. The van der Waals surface area contributed by atoms with Crippen molar-refractivity contribution in [2.45, 2.75) is 26.7 Å². The lowest BCUT2D eigenvalue weighted by Crippen LogP contribution is -2.28. The molecular weight excluding hydrogens is 310 g/mol. The number of methoxy groups -OCH3 is 1. The third kappa shape index (κ3) is 6.88. The van der Waals surface area contributed by atoms with Gasteiger partial charge in [-0.2, -0.15) is 0 Å². The summed E-state index contributed by atoms with van der Waals surface area (Å²) in [6.45, 7) is 7.41. The first-order valence-corrected chi connectivity index (χ1v) is 8.21. The Morgan fingerprint density at radius 1 is 1.44 bits per heavy atom. The summed E-state index contributed by atoms with van der Waals surface area (Å²) in [5.41, 5.74) is 0. The lowest BCUT2D eigenvalue weighted by Gasteiger charge is -2.19. The molecule has 0 aliphatic carbocycles. The van der Waals surface area contributed by atoms with E-state index in [1.807, 2.05) is 11.3 Å². The Morgan fingerprint density at radius 3 is 2.78 bits per heavy atom. The number of ether oxygens (including phenoxy) is 1. The predicted molar refractivity (Wildman–Crippen MR) is 83.4 cm³/mol. The molecule has 104 valence electrons. The van der Waals surface area contributed by atoms with Gasteiger partial charge < -0.3 is 10.1 Å². The molecule has 1 heterocycles. The van der Waals surface area contributed by atoms with Gasteiger partial charge in [0.2, 0.25) is 0 Å². The Bertz CT molecular complexity index is 327. The van der Waals surface area contributed by atoms with Gasteiger partial charge in [-0.1, -0.05) is 13.8 Å². The molecular formula is C14H24BrNOS. The minimum atomic E-state index is 0.715. The summed E-state index contributed by atoms with van der Waals surface area (Å²) < 4.78 is 6.27. The Labute approximate surface area is 123 Å². The number of halogens is 1. The first-order chi connectivity index (χ1) is 8.61. The van der Waals surface area contributed by atoms with Crippen LogP contribution in [0.1, 0.15) is 25.1 Å². The van der Waals surface area contributed by atoms with Gasteiger partial charge in [0, 0.05) is 28.4 Å². The summed E-state index contributed by atoms with van der Waals surface area (Å²) in [6, 6.07) is 2.24. The van der Waals surface area contributed by atoms with Crippen LogP contribution in [0.2, 0.25) is 0 Å². The topological polar surface area (TPSA) is 21.3 Å². The minimum absolute atomic E-state index is 0.715. The van der Waals surface area contributed by atoms with Crippen molar-refractivity contribution in [3.8, 4) is 0 Å². The predicted octanol–water partition coefficient (Wildman–Crippen LogP) is 3.95. The molecule has 1 aromatic heterocycles. The molecule has 0 aliphatic rings. The lowest BCUT2D eigenvalue weighted by molar-refractivity contribution is 0.197. The fraction of sp³-hybridized carbons (Fsp3) is 0.714. The van der Waals surface area contributed by atoms with E-state index in [0.29, 0.717) is 5.92 Å². The molecule has 0 fully saturated rings. The van der Waals surface area contributed by atoms with Crippen LogP contribution < -0.4 is 5.32 Å². The van der Waals surface area contributed by atoms with Crippen LogP contribution in [0.15, 0.2) is 15.9 Å². The van der Waals surface area contributed by atoms with Crippen molar-refractivity contribution in [2.24, 2.45) is 11.8 Å². The fourth-order valence-corrected chi connectivity index (χ4v) is 3.70. The second-order valence-electron chi connectivity index (χ2n) is 5.13. The van der Waals surface area contributed by atoms with E-state index >= 15 is 0 Å². The van der Waals surface area contributed by atoms with Gasteiger partial charge in [-0.3, -0.25) is 0 Å². The third-order valence-corrected chi connectivity index (χ3v) is 4.55. The van der Waals surface area contributed by atoms with E-state index in [2.05, 4.69) is 46.5 Å². The van der Waals surface area contributed by atoms with Crippen molar-refractivity contribution in [1.29, 1.82) is 0 Å². The van der Waals surface area contributed by atoms with Crippen molar-refractivity contribution < 1.29 is 4.74 Å². The number of rotatable bonds is 9. The van der Waals surface area contributed by atoms with Crippen LogP contribution >= 0.6 is 27.3 Å². The van der Waals surface area contributed by atoms with Gasteiger partial charge in [0.15, 0.2) is 0 Å². The van der Waals surface area contributed by atoms with Crippen LogP contribution in [-0.2, 0) is 11.2 Å². The Hall–Kier alpha value is 0.1000. The Morgan fingerprint density at radius 2 is 2.22 bits per heavy atom. The molecule has 0 saturated carbocycles. The van der Waals surface area contributed by atoms with Gasteiger partial charge in [-0.25, -0.2) is 0 Å². The van der Waals surface area contributed by atoms with Crippen LogP contribution in [0, 0.1) is 11.8 Å². The van der Waals surface area contributed by atoms with Crippen LogP contribution in [0.5, 0.6) is 0 Å². The van der Waals surface area contributed by atoms with Gasteiger partial charge in [-0.05, 0) is 53.2 Å². The van der Waals surface area contributed by atoms with E-state index in [9.17, 15) is 0 Å². The lowest BCUT2D eigenvalue weighted by atomic mass is 9.93. The largest absolute Gasteiger partial charge is 0.383 e. The number of hydrogen-bond donors (Lipinski definition) is 1.